The van der Waals surface area contributed by atoms with Gasteiger partial charge in [-0.3, -0.25) is 0 Å². The van der Waals surface area contributed by atoms with Crippen molar-refractivity contribution >= 4 is 0 Å². The third-order valence-electron chi connectivity index (χ3n) is 3.47. The Morgan fingerprint density at radius 1 is 1.32 bits per heavy atom. The monoisotopic (exact) mass is 265 g/mol. The number of ether oxygens (including phenoxy) is 2. The molecular formula is C15H23NO3. The number of rotatable bonds is 6. The van der Waals surface area contributed by atoms with Crippen molar-refractivity contribution in [2.24, 2.45) is 0 Å². The van der Waals surface area contributed by atoms with Crippen LogP contribution in [0.25, 0.3) is 0 Å². The number of aliphatic hydroxyl groups is 1. The Morgan fingerprint density at radius 3 is 2.79 bits per heavy atom. The number of benzene rings is 1. The summed E-state index contributed by atoms with van der Waals surface area (Å²) < 4.78 is 10.9. The van der Waals surface area contributed by atoms with Crippen molar-refractivity contribution in [3.05, 3.63) is 29.8 Å². The molecule has 2 rings (SSSR count). The zero-order valence-electron chi connectivity index (χ0n) is 11.5. The van der Waals surface area contributed by atoms with E-state index in [-0.39, 0.29) is 0 Å². The summed E-state index contributed by atoms with van der Waals surface area (Å²) in [6.45, 7) is 5.24. The average molecular weight is 265 g/mol. The molecule has 0 radical (unpaired) electrons. The maximum atomic E-state index is 10.3. The molecule has 4 nitrogen and oxygen atoms in total. The van der Waals surface area contributed by atoms with Crippen molar-refractivity contribution < 1.29 is 14.6 Å². The molecule has 4 heteroatoms. The maximum Gasteiger partial charge on any atom is 0.123 e. The highest BCUT2D eigenvalue weighted by atomic mass is 16.5. The van der Waals surface area contributed by atoms with Gasteiger partial charge >= 0.3 is 0 Å². The van der Waals surface area contributed by atoms with Crippen molar-refractivity contribution in [2.45, 2.75) is 31.9 Å². The molecule has 1 aliphatic heterocycles. The molecule has 0 spiro atoms. The van der Waals surface area contributed by atoms with E-state index >= 15 is 0 Å². The fraction of sp³-hybridized carbons (Fsp3) is 0.600. The van der Waals surface area contributed by atoms with Gasteiger partial charge < -0.3 is 19.9 Å². The predicted octanol–water partition coefficient (Wildman–Crippen LogP) is 1.72. The molecule has 19 heavy (non-hydrogen) atoms. The number of nitrogens with one attached hydrogen (secondary N) is 1. The standard InChI is InChI=1S/C15H23NO3/c1-2-19-14-6-4-3-5-13(14)11-16-12-15(17)7-9-18-10-8-15/h3-6,16-17H,2,7-12H2,1H3. The Kier molecular flexibility index (Phi) is 5.19. The average Bonchev–Trinajstić information content (AvgIpc) is 2.42. The van der Waals surface area contributed by atoms with Crippen molar-refractivity contribution in [1.29, 1.82) is 0 Å². The van der Waals surface area contributed by atoms with E-state index in [9.17, 15) is 5.11 Å². The van der Waals surface area contributed by atoms with Crippen LogP contribution in [0, 0.1) is 0 Å². The lowest BCUT2D eigenvalue weighted by atomic mass is 9.94. The highest BCUT2D eigenvalue weighted by Gasteiger charge is 2.29. The summed E-state index contributed by atoms with van der Waals surface area (Å²) in [5.41, 5.74) is 0.499. The Hall–Kier alpha value is -1.10. The molecule has 0 saturated carbocycles. The zero-order valence-corrected chi connectivity index (χ0v) is 11.5. The first-order valence-corrected chi connectivity index (χ1v) is 6.95. The normalized spacial score (nSPS) is 18.2. The van der Waals surface area contributed by atoms with E-state index in [2.05, 4.69) is 5.32 Å². The largest absolute Gasteiger partial charge is 0.494 e. The van der Waals surface area contributed by atoms with E-state index in [0.717, 1.165) is 11.3 Å². The van der Waals surface area contributed by atoms with E-state index in [4.69, 9.17) is 9.47 Å². The molecule has 0 amide bonds. The van der Waals surface area contributed by atoms with Crippen LogP contribution < -0.4 is 10.1 Å². The van der Waals surface area contributed by atoms with Gasteiger partial charge in [-0.1, -0.05) is 18.2 Å². The molecule has 1 aliphatic rings. The first kappa shape index (κ1) is 14.3. The molecule has 1 aromatic carbocycles. The molecule has 106 valence electrons. The third kappa shape index (κ3) is 4.20. The van der Waals surface area contributed by atoms with Crippen LogP contribution >= 0.6 is 0 Å². The molecule has 0 aliphatic carbocycles. The summed E-state index contributed by atoms with van der Waals surface area (Å²) in [6.07, 6.45) is 1.40. The van der Waals surface area contributed by atoms with Crippen LogP contribution in [-0.4, -0.2) is 37.1 Å². The second-order valence-electron chi connectivity index (χ2n) is 4.98. The fourth-order valence-electron chi connectivity index (χ4n) is 2.30. The van der Waals surface area contributed by atoms with E-state index < -0.39 is 5.60 Å². The molecule has 1 aromatic rings. The van der Waals surface area contributed by atoms with Gasteiger partial charge in [-0.15, -0.1) is 0 Å². The first-order chi connectivity index (χ1) is 9.23. The quantitative estimate of drug-likeness (QED) is 0.822. The van der Waals surface area contributed by atoms with Gasteiger partial charge in [0.1, 0.15) is 5.75 Å². The minimum atomic E-state index is -0.626. The topological polar surface area (TPSA) is 50.7 Å². The van der Waals surface area contributed by atoms with Crippen molar-refractivity contribution in [3.8, 4) is 5.75 Å². The number of para-hydroxylation sites is 1. The van der Waals surface area contributed by atoms with Crippen molar-refractivity contribution in [2.75, 3.05) is 26.4 Å². The van der Waals surface area contributed by atoms with Crippen LogP contribution in [0.1, 0.15) is 25.3 Å². The van der Waals surface area contributed by atoms with Gasteiger partial charge in [0.2, 0.25) is 0 Å². The summed E-state index contributed by atoms with van der Waals surface area (Å²) in [4.78, 5) is 0. The van der Waals surface area contributed by atoms with E-state index in [0.29, 0.717) is 45.8 Å². The highest BCUT2D eigenvalue weighted by molar-refractivity contribution is 5.33. The van der Waals surface area contributed by atoms with E-state index in [1.54, 1.807) is 0 Å². The van der Waals surface area contributed by atoms with Gasteiger partial charge in [-0.2, -0.15) is 0 Å². The Labute approximate surface area is 114 Å². The number of hydrogen-bond donors (Lipinski definition) is 2. The van der Waals surface area contributed by atoms with Crippen LogP contribution in [0.5, 0.6) is 5.75 Å². The molecule has 1 heterocycles. The summed E-state index contributed by atoms with van der Waals surface area (Å²) in [7, 11) is 0. The van der Waals surface area contributed by atoms with Gasteiger partial charge in [-0.05, 0) is 13.0 Å². The molecule has 0 bridgehead atoms. The Morgan fingerprint density at radius 2 is 2.05 bits per heavy atom. The molecule has 0 atom stereocenters. The van der Waals surface area contributed by atoms with E-state index in [1.165, 1.54) is 0 Å². The fourth-order valence-corrected chi connectivity index (χ4v) is 2.30. The van der Waals surface area contributed by atoms with Crippen LogP contribution in [-0.2, 0) is 11.3 Å². The summed E-state index contributed by atoms with van der Waals surface area (Å²) in [5.74, 6) is 0.913. The van der Waals surface area contributed by atoms with Gasteiger partial charge in [0.25, 0.3) is 0 Å². The van der Waals surface area contributed by atoms with Crippen LogP contribution in [0.15, 0.2) is 24.3 Å². The first-order valence-electron chi connectivity index (χ1n) is 6.95. The van der Waals surface area contributed by atoms with Crippen LogP contribution in [0.4, 0.5) is 0 Å². The van der Waals surface area contributed by atoms with Crippen LogP contribution in [0.3, 0.4) is 0 Å². The Balaban J connectivity index is 1.85. The Bertz CT molecular complexity index is 389. The molecule has 2 N–H and O–H groups in total. The summed E-state index contributed by atoms with van der Waals surface area (Å²) in [5, 5.41) is 13.7. The zero-order chi connectivity index (χ0) is 13.6. The third-order valence-corrected chi connectivity index (χ3v) is 3.47. The maximum absolute atomic E-state index is 10.3. The molecule has 0 aromatic heterocycles. The lowest BCUT2D eigenvalue weighted by Crippen LogP contribution is -2.44. The summed E-state index contributed by atoms with van der Waals surface area (Å²) in [6, 6.07) is 8.00. The summed E-state index contributed by atoms with van der Waals surface area (Å²) >= 11 is 0. The molecule has 0 unspecified atom stereocenters. The van der Waals surface area contributed by atoms with Crippen molar-refractivity contribution in [1.82, 2.24) is 5.32 Å². The van der Waals surface area contributed by atoms with Gasteiger partial charge in [0, 0.05) is 44.7 Å². The minimum Gasteiger partial charge on any atom is -0.494 e. The van der Waals surface area contributed by atoms with Gasteiger partial charge in [0.15, 0.2) is 0 Å². The smallest absolute Gasteiger partial charge is 0.123 e. The lowest BCUT2D eigenvalue weighted by molar-refractivity contribution is -0.0617. The minimum absolute atomic E-state index is 0.594. The lowest BCUT2D eigenvalue weighted by Gasteiger charge is -2.32. The van der Waals surface area contributed by atoms with Crippen LogP contribution in [0.2, 0.25) is 0 Å². The highest BCUT2D eigenvalue weighted by Crippen LogP contribution is 2.21. The van der Waals surface area contributed by atoms with E-state index in [1.807, 2.05) is 31.2 Å². The predicted molar refractivity (Wildman–Crippen MR) is 74.3 cm³/mol. The van der Waals surface area contributed by atoms with Crippen molar-refractivity contribution in [3.63, 3.8) is 0 Å². The molecule has 1 fully saturated rings. The second kappa shape index (κ2) is 6.89. The molecule has 1 saturated heterocycles. The van der Waals surface area contributed by atoms with Gasteiger partial charge in [0.05, 0.1) is 12.2 Å². The SMILES string of the molecule is CCOc1ccccc1CNCC1(O)CCOCC1. The van der Waals surface area contributed by atoms with Gasteiger partial charge in [-0.25, -0.2) is 0 Å². The number of hydrogen-bond acceptors (Lipinski definition) is 4. The molecular weight excluding hydrogens is 242 g/mol. The second-order valence-corrected chi connectivity index (χ2v) is 4.98.